The van der Waals surface area contributed by atoms with Crippen LogP contribution < -0.4 is 21.8 Å². The van der Waals surface area contributed by atoms with Crippen LogP contribution in [0.25, 0.3) is 27.7 Å². The van der Waals surface area contributed by atoms with Crippen molar-refractivity contribution in [2.45, 2.75) is 32.8 Å². The summed E-state index contributed by atoms with van der Waals surface area (Å²) in [5, 5.41) is 21.0. The van der Waals surface area contributed by atoms with Gasteiger partial charge in [0, 0.05) is 53.8 Å². The molecule has 5 rings (SSSR count). The number of carbonyl (C=O) groups is 1. The highest BCUT2D eigenvalue weighted by atomic mass is 19.1. The summed E-state index contributed by atoms with van der Waals surface area (Å²) in [6.45, 7) is 5.99. The molecule has 0 radical (unpaired) electrons. The summed E-state index contributed by atoms with van der Waals surface area (Å²) in [5.41, 5.74) is 1.66. The summed E-state index contributed by atoms with van der Waals surface area (Å²) in [6, 6.07) is 15.0. The van der Waals surface area contributed by atoms with Gasteiger partial charge in [0.2, 0.25) is 5.91 Å². The van der Waals surface area contributed by atoms with Crippen molar-refractivity contribution in [2.75, 3.05) is 31.3 Å². The molecule has 1 amide bonds. The van der Waals surface area contributed by atoms with Crippen LogP contribution in [0.15, 0.2) is 88.7 Å². The second-order valence-corrected chi connectivity index (χ2v) is 12.7. The third-order valence-corrected chi connectivity index (χ3v) is 7.72. The summed E-state index contributed by atoms with van der Waals surface area (Å²) < 4.78 is 17.8. The summed E-state index contributed by atoms with van der Waals surface area (Å²) in [6.07, 6.45) is 6.16. The van der Waals surface area contributed by atoms with Crippen molar-refractivity contribution >= 4 is 33.9 Å². The van der Waals surface area contributed by atoms with E-state index in [0.29, 0.717) is 40.1 Å². The molecular formula is C36H38FN7O4. The number of nitrogens with one attached hydrogen (secondary N) is 2. The van der Waals surface area contributed by atoms with Gasteiger partial charge in [-0.25, -0.2) is 9.37 Å². The molecule has 11 nitrogen and oxygen atoms in total. The fourth-order valence-electron chi connectivity index (χ4n) is 5.20. The van der Waals surface area contributed by atoms with Crippen molar-refractivity contribution in [3.05, 3.63) is 117 Å². The minimum absolute atomic E-state index is 0.00336. The molecule has 0 aliphatic rings. The SMILES string of the molecule is CN(C)C/C=C/C(=O)Nc1cccc(Nc2nc(-c3cccc(-n4ncc5cc(C(C)(C)C)cc(F)c5c4=O)c3CO)cn(C)c2=O)c1. The number of hydrogen-bond acceptors (Lipinski definition) is 8. The van der Waals surface area contributed by atoms with E-state index in [2.05, 4.69) is 20.7 Å². The molecule has 2 heterocycles. The number of rotatable bonds is 9. The van der Waals surface area contributed by atoms with Crippen molar-refractivity contribution < 1.29 is 14.3 Å². The number of halogens is 1. The molecule has 0 saturated heterocycles. The first kappa shape index (κ1) is 33.9. The monoisotopic (exact) mass is 651 g/mol. The maximum atomic E-state index is 15.4. The van der Waals surface area contributed by atoms with E-state index in [9.17, 15) is 19.5 Å². The van der Waals surface area contributed by atoms with E-state index in [1.165, 1.54) is 29.1 Å². The second-order valence-electron chi connectivity index (χ2n) is 12.7. The Morgan fingerprint density at radius 3 is 2.48 bits per heavy atom. The summed E-state index contributed by atoms with van der Waals surface area (Å²) in [4.78, 5) is 45.6. The predicted molar refractivity (Wildman–Crippen MR) is 186 cm³/mol. The molecule has 0 unspecified atom stereocenters. The van der Waals surface area contributed by atoms with Gasteiger partial charge in [-0.05, 0) is 61.5 Å². The number of benzene rings is 3. The lowest BCUT2D eigenvalue weighted by atomic mass is 9.86. The van der Waals surface area contributed by atoms with Gasteiger partial charge in [0.15, 0.2) is 5.82 Å². The smallest absolute Gasteiger partial charge is 0.293 e. The lowest BCUT2D eigenvalue weighted by Crippen LogP contribution is -2.24. The average Bonchev–Trinajstić information content (AvgIpc) is 3.02. The van der Waals surface area contributed by atoms with E-state index in [1.54, 1.807) is 61.7 Å². The standard InChI is InChI=1S/C36H38FN7O4/c1-36(2,3)23-16-22-19-38-44(34(47)32(22)28(37)17-23)30-13-8-12-26(27(30)21-45)29-20-43(6)35(48)33(41-29)40-25-11-7-10-24(18-25)39-31(46)14-9-15-42(4)5/h7-14,16-20,45H,15,21H2,1-6H3,(H,39,46)(H,40,41)/b14-9+. The van der Waals surface area contributed by atoms with Gasteiger partial charge in [0.05, 0.1) is 29.6 Å². The molecule has 3 N–H and O–H groups in total. The molecule has 12 heteroatoms. The van der Waals surface area contributed by atoms with Crippen LogP contribution in [0.1, 0.15) is 31.9 Å². The number of aliphatic hydroxyl groups excluding tert-OH is 1. The number of aryl methyl sites for hydroxylation is 1. The highest BCUT2D eigenvalue weighted by molar-refractivity contribution is 5.99. The topological polar surface area (TPSA) is 134 Å². The molecule has 3 aromatic carbocycles. The van der Waals surface area contributed by atoms with E-state index < -0.39 is 23.5 Å². The fraction of sp³-hybridized carbons (Fsp3) is 0.250. The molecule has 48 heavy (non-hydrogen) atoms. The molecule has 0 saturated carbocycles. The van der Waals surface area contributed by atoms with E-state index in [4.69, 9.17) is 0 Å². The number of amides is 1. The van der Waals surface area contributed by atoms with Gasteiger partial charge in [-0.1, -0.05) is 45.0 Å². The average molecular weight is 652 g/mol. The summed E-state index contributed by atoms with van der Waals surface area (Å²) in [7, 11) is 5.38. The molecule has 0 fully saturated rings. The molecule has 5 aromatic rings. The van der Waals surface area contributed by atoms with Gasteiger partial charge in [-0.2, -0.15) is 9.78 Å². The molecule has 0 atom stereocenters. The van der Waals surface area contributed by atoms with Crippen LogP contribution in [-0.2, 0) is 23.9 Å². The van der Waals surface area contributed by atoms with Crippen LogP contribution in [0.3, 0.4) is 0 Å². The number of hydrogen-bond donors (Lipinski definition) is 3. The first-order chi connectivity index (χ1) is 22.8. The largest absolute Gasteiger partial charge is 0.392 e. The van der Waals surface area contributed by atoms with E-state index in [-0.39, 0.29) is 28.2 Å². The Hall–Kier alpha value is -5.46. The van der Waals surface area contributed by atoms with Crippen LogP contribution in [0, 0.1) is 5.82 Å². The highest BCUT2D eigenvalue weighted by Crippen LogP contribution is 2.30. The molecule has 0 spiro atoms. The first-order valence-electron chi connectivity index (χ1n) is 15.3. The predicted octanol–water partition coefficient (Wildman–Crippen LogP) is 4.88. The van der Waals surface area contributed by atoms with Crippen LogP contribution in [0.5, 0.6) is 0 Å². The Morgan fingerprint density at radius 2 is 1.77 bits per heavy atom. The zero-order chi connectivity index (χ0) is 34.7. The van der Waals surface area contributed by atoms with Crippen LogP contribution in [-0.4, -0.2) is 55.9 Å². The molecule has 2 aromatic heterocycles. The molecular weight excluding hydrogens is 613 g/mol. The summed E-state index contributed by atoms with van der Waals surface area (Å²) >= 11 is 0. The zero-order valence-corrected chi connectivity index (χ0v) is 27.7. The fourth-order valence-corrected chi connectivity index (χ4v) is 5.20. The molecule has 0 aliphatic heterocycles. The van der Waals surface area contributed by atoms with Gasteiger partial charge in [-0.15, -0.1) is 0 Å². The van der Waals surface area contributed by atoms with Gasteiger partial charge in [-0.3, -0.25) is 14.4 Å². The lowest BCUT2D eigenvalue weighted by Gasteiger charge is -2.20. The number of fused-ring (bicyclic) bond motifs is 1. The number of likely N-dealkylation sites (N-methyl/N-ethyl adjacent to an activating group) is 1. The van der Waals surface area contributed by atoms with Crippen LogP contribution >= 0.6 is 0 Å². The third kappa shape index (κ3) is 7.24. The Bertz CT molecular complexity index is 2160. The van der Waals surface area contributed by atoms with Gasteiger partial charge >= 0.3 is 0 Å². The Morgan fingerprint density at radius 1 is 1.04 bits per heavy atom. The van der Waals surface area contributed by atoms with Crippen LogP contribution in [0.2, 0.25) is 0 Å². The minimum Gasteiger partial charge on any atom is -0.392 e. The van der Waals surface area contributed by atoms with Gasteiger partial charge < -0.3 is 25.2 Å². The van der Waals surface area contributed by atoms with E-state index >= 15 is 4.39 Å². The van der Waals surface area contributed by atoms with E-state index in [1.807, 2.05) is 39.8 Å². The summed E-state index contributed by atoms with van der Waals surface area (Å²) in [5.74, 6) is -0.949. The number of nitrogens with zero attached hydrogens (tertiary/aromatic N) is 5. The van der Waals surface area contributed by atoms with Crippen molar-refractivity contribution in [1.82, 2.24) is 24.2 Å². The van der Waals surface area contributed by atoms with Crippen molar-refractivity contribution in [2.24, 2.45) is 7.05 Å². The van der Waals surface area contributed by atoms with Gasteiger partial charge in [0.25, 0.3) is 11.1 Å². The maximum Gasteiger partial charge on any atom is 0.293 e. The lowest BCUT2D eigenvalue weighted by molar-refractivity contribution is -0.111. The van der Waals surface area contributed by atoms with E-state index in [0.717, 1.165) is 10.2 Å². The van der Waals surface area contributed by atoms with Crippen molar-refractivity contribution in [1.29, 1.82) is 0 Å². The maximum absolute atomic E-state index is 15.4. The second kappa shape index (κ2) is 13.7. The molecule has 0 aliphatic carbocycles. The van der Waals surface area contributed by atoms with Crippen molar-refractivity contribution in [3.63, 3.8) is 0 Å². The van der Waals surface area contributed by atoms with Crippen molar-refractivity contribution in [3.8, 4) is 16.9 Å². The van der Waals surface area contributed by atoms with Crippen LogP contribution in [0.4, 0.5) is 21.6 Å². The Kier molecular flexibility index (Phi) is 9.69. The highest BCUT2D eigenvalue weighted by Gasteiger charge is 2.21. The minimum atomic E-state index is -0.673. The Labute approximate surface area is 277 Å². The third-order valence-electron chi connectivity index (χ3n) is 7.72. The number of aliphatic hydroxyl groups is 1. The normalized spacial score (nSPS) is 11.9. The zero-order valence-electron chi connectivity index (χ0n) is 27.7. The van der Waals surface area contributed by atoms with Gasteiger partial charge in [0.1, 0.15) is 5.82 Å². The number of carbonyl (C=O) groups excluding carboxylic acids is 1. The number of anilines is 3. The Balaban J connectivity index is 1.51. The molecule has 0 bridgehead atoms. The number of aromatic nitrogens is 4. The molecule has 248 valence electrons. The first-order valence-corrected chi connectivity index (χ1v) is 15.3. The quantitative estimate of drug-likeness (QED) is 0.192.